The van der Waals surface area contributed by atoms with Gasteiger partial charge in [0.1, 0.15) is 12.2 Å². The number of halogens is 1. The molecule has 26 heavy (non-hydrogen) atoms. The molecule has 0 saturated heterocycles. The van der Waals surface area contributed by atoms with Crippen LogP contribution < -0.4 is 16.9 Å². The Labute approximate surface area is 169 Å². The summed E-state index contributed by atoms with van der Waals surface area (Å²) in [6, 6.07) is 10.9. The Kier molecular flexibility index (Phi) is 15.9. The fraction of sp³-hybridized carbons (Fsp3) is 0.667. The van der Waals surface area contributed by atoms with Crippen molar-refractivity contribution in [1.29, 1.82) is 0 Å². The van der Waals surface area contributed by atoms with Crippen LogP contribution in [0.5, 0.6) is 0 Å². The Hall–Kier alpha value is -0.790. The fourth-order valence-corrected chi connectivity index (χ4v) is 3.70. The van der Waals surface area contributed by atoms with Gasteiger partial charge in [-0.3, -0.25) is 4.48 Å². The van der Waals surface area contributed by atoms with Gasteiger partial charge in [-0.1, -0.05) is 95.9 Å². The van der Waals surface area contributed by atoms with E-state index in [0.29, 0.717) is 0 Å². The molecular weight excluding hydrogens is 338 g/mol. The van der Waals surface area contributed by atoms with Crippen LogP contribution in [-0.2, 0) is 0 Å². The summed E-state index contributed by atoms with van der Waals surface area (Å²) in [5.74, 6) is 0. The minimum atomic E-state index is 0. The van der Waals surface area contributed by atoms with Crippen molar-refractivity contribution in [2.45, 2.75) is 84.0 Å². The first kappa shape index (κ1) is 25.2. The zero-order valence-corrected chi connectivity index (χ0v) is 18.2. The van der Waals surface area contributed by atoms with Crippen LogP contribution in [0, 0.1) is 0 Å². The Morgan fingerprint density at radius 1 is 0.769 bits per heavy atom. The van der Waals surface area contributed by atoms with Gasteiger partial charge in [-0.2, -0.15) is 0 Å². The zero-order chi connectivity index (χ0) is 18.2. The number of nitrogens with zero attached hydrogens (tertiary/aromatic N) is 1. The molecule has 0 amide bonds. The van der Waals surface area contributed by atoms with Crippen molar-refractivity contribution in [2.75, 3.05) is 20.1 Å². The van der Waals surface area contributed by atoms with Crippen LogP contribution in [0.25, 0.3) is 0 Å². The summed E-state index contributed by atoms with van der Waals surface area (Å²) in [5, 5.41) is 0. The van der Waals surface area contributed by atoms with E-state index in [9.17, 15) is 0 Å². The van der Waals surface area contributed by atoms with Gasteiger partial charge in [-0.15, -0.1) is 0 Å². The van der Waals surface area contributed by atoms with E-state index < -0.39 is 0 Å². The highest BCUT2D eigenvalue weighted by Crippen LogP contribution is 2.22. The number of rotatable bonds is 16. The second kappa shape index (κ2) is 16.4. The van der Waals surface area contributed by atoms with E-state index in [1.165, 1.54) is 89.3 Å². The van der Waals surface area contributed by atoms with E-state index in [1.807, 2.05) is 0 Å². The average Bonchev–Trinajstić information content (AvgIpc) is 2.63. The maximum atomic E-state index is 3.97. The molecule has 0 aliphatic rings. The quantitative estimate of drug-likeness (QED) is 0.225. The number of hydrogen-bond donors (Lipinski definition) is 0. The topological polar surface area (TPSA) is 0 Å². The molecule has 0 aliphatic carbocycles. The Bertz CT molecular complexity index is 431. The van der Waals surface area contributed by atoms with E-state index in [0.717, 1.165) is 11.0 Å². The molecule has 0 radical (unpaired) electrons. The Morgan fingerprint density at radius 3 is 1.69 bits per heavy atom. The molecule has 1 unspecified atom stereocenters. The van der Waals surface area contributed by atoms with E-state index in [-0.39, 0.29) is 12.4 Å². The van der Waals surface area contributed by atoms with Gasteiger partial charge < -0.3 is 12.4 Å². The number of para-hydroxylation sites is 1. The van der Waals surface area contributed by atoms with Gasteiger partial charge in [-0.25, -0.2) is 0 Å². The molecule has 1 atom stereocenters. The minimum absolute atomic E-state index is 0. The van der Waals surface area contributed by atoms with Crippen LogP contribution in [-0.4, -0.2) is 20.1 Å². The number of unbranched alkanes of at least 4 members (excludes halogenated alkanes) is 11. The van der Waals surface area contributed by atoms with Gasteiger partial charge in [0.25, 0.3) is 0 Å². The number of hydrogen-bond acceptors (Lipinski definition) is 0. The second-order valence-electron chi connectivity index (χ2n) is 7.82. The molecule has 150 valence electrons. The zero-order valence-electron chi connectivity index (χ0n) is 17.4. The van der Waals surface area contributed by atoms with Crippen molar-refractivity contribution < 1.29 is 12.4 Å². The monoisotopic (exact) mass is 379 g/mol. The van der Waals surface area contributed by atoms with Crippen LogP contribution in [0.4, 0.5) is 5.69 Å². The molecule has 0 bridgehead atoms. The van der Waals surface area contributed by atoms with Gasteiger partial charge >= 0.3 is 0 Å². The molecule has 0 spiro atoms. The normalized spacial score (nSPS) is 13.0. The van der Waals surface area contributed by atoms with Crippen molar-refractivity contribution >= 4 is 5.69 Å². The Morgan fingerprint density at radius 2 is 1.23 bits per heavy atom. The lowest BCUT2D eigenvalue weighted by atomic mass is 10.0. The van der Waals surface area contributed by atoms with Crippen molar-refractivity contribution in [2.24, 2.45) is 0 Å². The SMILES string of the molecule is C=CC[N+](C)(CCCCCCCCCCCCCC)c1ccccc1.[Cl-]. The first-order chi connectivity index (χ1) is 12.2. The summed E-state index contributed by atoms with van der Waals surface area (Å²) in [6.07, 6.45) is 19.0. The second-order valence-corrected chi connectivity index (χ2v) is 7.82. The molecule has 1 aromatic rings. The third kappa shape index (κ3) is 11.0. The first-order valence-corrected chi connectivity index (χ1v) is 10.7. The summed E-state index contributed by atoms with van der Waals surface area (Å²) in [4.78, 5) is 0. The number of likely N-dealkylation sites (N-methyl/N-ethyl adjacent to an activating group) is 1. The van der Waals surface area contributed by atoms with Crippen molar-refractivity contribution in [3.05, 3.63) is 43.0 Å². The van der Waals surface area contributed by atoms with E-state index in [2.05, 4.69) is 57.0 Å². The number of benzene rings is 1. The summed E-state index contributed by atoms with van der Waals surface area (Å²) in [6.45, 7) is 8.49. The largest absolute Gasteiger partial charge is 1.00 e. The van der Waals surface area contributed by atoms with Gasteiger partial charge in [0.2, 0.25) is 0 Å². The van der Waals surface area contributed by atoms with E-state index >= 15 is 0 Å². The average molecular weight is 380 g/mol. The van der Waals surface area contributed by atoms with Crippen molar-refractivity contribution in [3.8, 4) is 0 Å². The molecule has 2 heteroatoms. The van der Waals surface area contributed by atoms with Crippen LogP contribution >= 0.6 is 0 Å². The molecule has 0 N–H and O–H groups in total. The lowest BCUT2D eigenvalue weighted by Gasteiger charge is -2.33. The van der Waals surface area contributed by atoms with Crippen LogP contribution in [0.2, 0.25) is 0 Å². The van der Waals surface area contributed by atoms with E-state index in [1.54, 1.807) is 0 Å². The van der Waals surface area contributed by atoms with Crippen LogP contribution in [0.15, 0.2) is 43.0 Å². The van der Waals surface area contributed by atoms with Gasteiger partial charge in [0.15, 0.2) is 0 Å². The minimum Gasteiger partial charge on any atom is -1.00 e. The third-order valence-electron chi connectivity index (χ3n) is 5.42. The van der Waals surface area contributed by atoms with Gasteiger partial charge in [0, 0.05) is 0 Å². The summed E-state index contributed by atoms with van der Waals surface area (Å²) >= 11 is 0. The molecule has 1 aromatic carbocycles. The van der Waals surface area contributed by atoms with Crippen LogP contribution in [0.1, 0.15) is 84.0 Å². The third-order valence-corrected chi connectivity index (χ3v) is 5.42. The van der Waals surface area contributed by atoms with E-state index in [4.69, 9.17) is 0 Å². The molecule has 1 nitrogen and oxygen atoms in total. The maximum absolute atomic E-state index is 3.97. The lowest BCUT2D eigenvalue weighted by Crippen LogP contribution is -3.00. The van der Waals surface area contributed by atoms with Gasteiger partial charge in [0.05, 0.1) is 13.6 Å². The summed E-state index contributed by atoms with van der Waals surface area (Å²) in [5.41, 5.74) is 1.41. The smallest absolute Gasteiger partial charge is 0.132 e. The Balaban J connectivity index is 0.00000625. The predicted molar refractivity (Wildman–Crippen MR) is 115 cm³/mol. The highest BCUT2D eigenvalue weighted by atomic mass is 35.5. The standard InChI is InChI=1S/C24H42N.ClH/c1-4-6-7-8-9-10-11-12-13-14-15-19-23-25(3,22-5-2)24-20-17-16-18-21-24;/h5,16-18,20-21H,2,4,6-15,19,22-23H2,1,3H3;1H/q+1;/p-1. The fourth-order valence-electron chi connectivity index (χ4n) is 3.70. The summed E-state index contributed by atoms with van der Waals surface area (Å²) < 4.78 is 0.988. The van der Waals surface area contributed by atoms with Crippen molar-refractivity contribution in [3.63, 3.8) is 0 Å². The molecule has 0 aromatic heterocycles. The van der Waals surface area contributed by atoms with Crippen molar-refractivity contribution in [1.82, 2.24) is 4.48 Å². The summed E-state index contributed by atoms with van der Waals surface area (Å²) in [7, 11) is 2.34. The van der Waals surface area contributed by atoms with Gasteiger partial charge in [-0.05, 0) is 31.1 Å². The highest BCUT2D eigenvalue weighted by Gasteiger charge is 2.22. The molecule has 0 fully saturated rings. The molecule has 1 rings (SSSR count). The molecular formula is C24H42ClN. The number of quaternary nitrogens is 1. The maximum Gasteiger partial charge on any atom is 0.132 e. The molecule has 0 aliphatic heterocycles. The molecule has 0 heterocycles. The first-order valence-electron chi connectivity index (χ1n) is 10.7. The lowest BCUT2D eigenvalue weighted by molar-refractivity contribution is -0.00000549. The molecule has 0 saturated carbocycles. The predicted octanol–water partition coefficient (Wildman–Crippen LogP) is 4.51. The van der Waals surface area contributed by atoms with Crippen LogP contribution in [0.3, 0.4) is 0 Å². The highest BCUT2D eigenvalue weighted by molar-refractivity contribution is 5.42.